The van der Waals surface area contributed by atoms with Crippen LogP contribution in [-0.4, -0.2) is 70.0 Å². The highest BCUT2D eigenvalue weighted by molar-refractivity contribution is 5.91. The molecule has 6 N–H and O–H groups in total. The highest BCUT2D eigenvalue weighted by Crippen LogP contribution is 2.37. The molecule has 0 spiro atoms. The van der Waals surface area contributed by atoms with E-state index < -0.39 is 37.0 Å². The third-order valence-electron chi connectivity index (χ3n) is 3.92. The lowest BCUT2D eigenvalue weighted by Crippen LogP contribution is -2.43. The number of hydrogen-bond donors (Lipinski definition) is 5. The van der Waals surface area contributed by atoms with E-state index in [1.165, 1.54) is 25.1 Å². The van der Waals surface area contributed by atoms with Crippen LogP contribution in [0.2, 0.25) is 0 Å². The number of aliphatic imine (C=N–C) groups is 1. The van der Waals surface area contributed by atoms with Gasteiger partial charge in [-0.2, -0.15) is 4.99 Å². The van der Waals surface area contributed by atoms with Crippen LogP contribution in [-0.2, 0) is 20.1 Å². The predicted molar refractivity (Wildman–Crippen MR) is 76.2 cm³/mol. The number of fused-ring (bicyclic) bond motifs is 1. The molecule has 5 atom stereocenters. The molecule has 1 fully saturated rings. The Kier molecular flexibility index (Phi) is 4.00. The number of amidine groups is 1. The van der Waals surface area contributed by atoms with Gasteiger partial charge >= 0.3 is 0 Å². The van der Waals surface area contributed by atoms with Crippen LogP contribution in [0.4, 0.5) is 5.82 Å². The van der Waals surface area contributed by atoms with E-state index in [1.54, 1.807) is 0 Å². The number of imidazole rings is 1. The Morgan fingerprint density at radius 1 is 1.43 bits per heavy atom. The number of nitrogens with zero attached hydrogens (tertiary/aromatic N) is 3. The number of hydrogen-bond acceptors (Lipinski definition) is 10. The highest BCUT2D eigenvalue weighted by Gasteiger charge is 2.46. The molecule has 0 amide bonds. The van der Waals surface area contributed by atoms with Crippen molar-refractivity contribution in [3.05, 3.63) is 12.0 Å². The smallest absolute Gasteiger partial charge is 0.294 e. The van der Waals surface area contributed by atoms with Gasteiger partial charge in [0.05, 0.1) is 20.0 Å². The second kappa shape index (κ2) is 5.70. The van der Waals surface area contributed by atoms with Crippen molar-refractivity contribution in [2.75, 3.05) is 26.1 Å². The van der Waals surface area contributed by atoms with Gasteiger partial charge in [0.1, 0.15) is 24.1 Å². The normalized spacial score (nSPS) is 36.3. The van der Waals surface area contributed by atoms with Crippen LogP contribution < -0.4 is 11.1 Å². The Hall–Kier alpha value is -1.76. The van der Waals surface area contributed by atoms with Gasteiger partial charge in [-0.1, -0.05) is 0 Å². The van der Waals surface area contributed by atoms with E-state index in [4.69, 9.17) is 19.9 Å². The minimum Gasteiger partial charge on any atom is -0.468 e. The number of aromatic nitrogens is 2. The van der Waals surface area contributed by atoms with Crippen molar-refractivity contribution in [1.29, 1.82) is 0 Å². The maximum atomic E-state index is 10.2. The minimum atomic E-state index is -1.56. The number of anilines is 1. The molecule has 0 aromatic carbocycles. The molecular formula is C12H19N5O6. The summed E-state index contributed by atoms with van der Waals surface area (Å²) in [7, 11) is 2.78. The lowest BCUT2D eigenvalue weighted by molar-refractivity contribution is -0.0522. The van der Waals surface area contributed by atoms with Crippen LogP contribution in [0.5, 0.6) is 0 Å². The predicted octanol–water partition coefficient (Wildman–Crippen LogP) is -2.36. The van der Waals surface area contributed by atoms with Crippen LogP contribution in [0.25, 0.3) is 0 Å². The Balaban J connectivity index is 2.00. The second-order valence-electron chi connectivity index (χ2n) is 5.22. The topological polar surface area (TPSA) is 157 Å². The zero-order valence-corrected chi connectivity index (χ0v) is 12.6. The molecule has 0 bridgehead atoms. The Morgan fingerprint density at radius 2 is 2.17 bits per heavy atom. The quantitative estimate of drug-likeness (QED) is 0.383. The minimum absolute atomic E-state index is 0.0929. The lowest BCUT2D eigenvalue weighted by Gasteiger charge is -2.29. The maximum Gasteiger partial charge on any atom is 0.294 e. The van der Waals surface area contributed by atoms with Crippen molar-refractivity contribution in [3.63, 3.8) is 0 Å². The van der Waals surface area contributed by atoms with E-state index in [0.717, 1.165) is 0 Å². The van der Waals surface area contributed by atoms with E-state index in [0.29, 0.717) is 5.82 Å². The van der Waals surface area contributed by atoms with Crippen LogP contribution in [0.3, 0.4) is 0 Å². The summed E-state index contributed by atoms with van der Waals surface area (Å²) < 4.78 is 17.2. The second-order valence-corrected chi connectivity index (χ2v) is 5.22. The van der Waals surface area contributed by atoms with E-state index in [-0.39, 0.29) is 11.7 Å². The SMILES string of the molecule is COC1=NC(N)(OC)c2ncn([C@@H]3O[C@H](CO)[C@@H](O)[C@H]3O)c2N1. The zero-order chi connectivity index (χ0) is 16.8. The summed E-state index contributed by atoms with van der Waals surface area (Å²) in [5.74, 6) is -1.22. The molecule has 2 aliphatic heterocycles. The van der Waals surface area contributed by atoms with Gasteiger partial charge in [0.2, 0.25) is 0 Å². The molecule has 3 rings (SSSR count). The summed E-state index contributed by atoms with van der Waals surface area (Å²) in [6.45, 7) is -0.428. The van der Waals surface area contributed by atoms with Crippen molar-refractivity contribution in [2.24, 2.45) is 10.7 Å². The summed E-state index contributed by atoms with van der Waals surface area (Å²) >= 11 is 0. The van der Waals surface area contributed by atoms with Crippen molar-refractivity contribution in [1.82, 2.24) is 9.55 Å². The van der Waals surface area contributed by atoms with E-state index in [9.17, 15) is 15.3 Å². The molecule has 11 nitrogen and oxygen atoms in total. The molecule has 0 aliphatic carbocycles. The summed E-state index contributed by atoms with van der Waals surface area (Å²) in [6.07, 6.45) is -2.99. The Labute approximate surface area is 131 Å². The average molecular weight is 329 g/mol. The molecule has 0 saturated carbocycles. The van der Waals surface area contributed by atoms with Crippen molar-refractivity contribution in [2.45, 2.75) is 30.4 Å². The lowest BCUT2D eigenvalue weighted by atomic mass is 10.1. The summed E-state index contributed by atoms with van der Waals surface area (Å²) in [5, 5.41) is 32.1. The largest absolute Gasteiger partial charge is 0.468 e. The van der Waals surface area contributed by atoms with Gasteiger partial charge in [0, 0.05) is 7.11 Å². The number of aliphatic hydroxyl groups is 3. The molecule has 23 heavy (non-hydrogen) atoms. The molecule has 0 radical (unpaired) electrons. The Morgan fingerprint density at radius 3 is 2.74 bits per heavy atom. The summed E-state index contributed by atoms with van der Waals surface area (Å²) in [4.78, 5) is 8.22. The van der Waals surface area contributed by atoms with Gasteiger partial charge in [-0.3, -0.25) is 15.6 Å². The van der Waals surface area contributed by atoms with Gasteiger partial charge in [0.25, 0.3) is 11.9 Å². The molecular weight excluding hydrogens is 310 g/mol. The van der Waals surface area contributed by atoms with Gasteiger partial charge < -0.3 is 29.5 Å². The first-order valence-corrected chi connectivity index (χ1v) is 6.89. The van der Waals surface area contributed by atoms with Crippen LogP contribution in [0.1, 0.15) is 11.9 Å². The van der Waals surface area contributed by atoms with Crippen molar-refractivity contribution >= 4 is 11.8 Å². The number of aliphatic hydroxyl groups excluding tert-OH is 3. The first-order chi connectivity index (χ1) is 10.9. The molecule has 11 heteroatoms. The molecule has 1 saturated heterocycles. The number of nitrogens with one attached hydrogen (secondary N) is 1. The van der Waals surface area contributed by atoms with Crippen LogP contribution >= 0.6 is 0 Å². The van der Waals surface area contributed by atoms with Crippen molar-refractivity contribution in [3.8, 4) is 0 Å². The molecule has 2 aliphatic rings. The van der Waals surface area contributed by atoms with E-state index in [2.05, 4.69) is 15.3 Å². The number of methoxy groups -OCH3 is 2. The maximum absolute atomic E-state index is 10.2. The monoisotopic (exact) mass is 329 g/mol. The molecule has 1 aromatic rings. The fourth-order valence-corrected chi connectivity index (χ4v) is 2.62. The third-order valence-corrected chi connectivity index (χ3v) is 3.92. The number of rotatable bonds is 3. The Bertz CT molecular complexity index is 621. The first kappa shape index (κ1) is 16.1. The molecule has 1 unspecified atom stereocenters. The first-order valence-electron chi connectivity index (χ1n) is 6.89. The van der Waals surface area contributed by atoms with Gasteiger partial charge in [-0.15, -0.1) is 0 Å². The van der Waals surface area contributed by atoms with Crippen molar-refractivity contribution < 1.29 is 29.5 Å². The number of nitrogens with two attached hydrogens (primary N) is 1. The molecule has 128 valence electrons. The third kappa shape index (κ3) is 2.38. The fourth-order valence-electron chi connectivity index (χ4n) is 2.62. The molecule has 3 heterocycles. The van der Waals surface area contributed by atoms with Crippen LogP contribution in [0.15, 0.2) is 11.3 Å². The standard InChI is InChI=1S/C12H19N5O6/c1-21-11-15-9-8(12(13,16-11)22-2)14-4-17(9)10-7(20)6(19)5(3-18)23-10/h4-7,10,18-20H,3,13H2,1-2H3,(H,15,16)/t5-,6-,7-,10-,12?/m1/s1. The zero-order valence-electron chi connectivity index (χ0n) is 12.6. The van der Waals surface area contributed by atoms with Gasteiger partial charge in [-0.05, 0) is 0 Å². The van der Waals surface area contributed by atoms with Crippen LogP contribution in [0, 0.1) is 0 Å². The average Bonchev–Trinajstić information content (AvgIpc) is 3.10. The van der Waals surface area contributed by atoms with E-state index >= 15 is 0 Å². The molecule has 1 aromatic heterocycles. The fraction of sp³-hybridized carbons (Fsp3) is 0.667. The highest BCUT2D eigenvalue weighted by atomic mass is 16.6. The van der Waals surface area contributed by atoms with Gasteiger partial charge in [0.15, 0.2) is 11.9 Å². The summed E-state index contributed by atoms with van der Waals surface area (Å²) in [6, 6.07) is 0.0929. The van der Waals surface area contributed by atoms with E-state index in [1.807, 2.05) is 0 Å². The summed E-state index contributed by atoms with van der Waals surface area (Å²) in [5.41, 5.74) is 6.33. The van der Waals surface area contributed by atoms with Gasteiger partial charge in [-0.25, -0.2) is 4.98 Å². The number of ether oxygens (including phenoxy) is 3.